The van der Waals surface area contributed by atoms with Crippen LogP contribution in [0, 0.1) is 0 Å². The first-order valence-corrected chi connectivity index (χ1v) is 6.52. The fourth-order valence-electron chi connectivity index (χ4n) is 2.08. The molecule has 0 spiro atoms. The molecule has 1 aliphatic rings. The summed E-state index contributed by atoms with van der Waals surface area (Å²) >= 11 is 0. The molecular formula is C13H22BN3O2. The Labute approximate surface area is 115 Å². The van der Waals surface area contributed by atoms with Crippen LogP contribution >= 0.6 is 0 Å². The van der Waals surface area contributed by atoms with Gasteiger partial charge < -0.3 is 20.4 Å². The van der Waals surface area contributed by atoms with Crippen molar-refractivity contribution in [2.45, 2.75) is 45.4 Å². The smallest absolute Gasteiger partial charge is 0.399 e. The molecule has 0 aromatic carbocycles. The fraction of sp³-hybridized carbons (Fsp3) is 0.615. The van der Waals surface area contributed by atoms with Crippen LogP contribution in [-0.4, -0.2) is 30.4 Å². The lowest BCUT2D eigenvalue weighted by Crippen LogP contribution is -2.41. The van der Waals surface area contributed by atoms with E-state index in [0.717, 1.165) is 11.0 Å². The fourth-order valence-corrected chi connectivity index (χ4v) is 2.08. The van der Waals surface area contributed by atoms with E-state index in [-0.39, 0.29) is 11.2 Å². The zero-order valence-electron chi connectivity index (χ0n) is 12.3. The van der Waals surface area contributed by atoms with Gasteiger partial charge in [0, 0.05) is 18.3 Å². The topological polar surface area (TPSA) is 69.4 Å². The van der Waals surface area contributed by atoms with Gasteiger partial charge in [0.15, 0.2) is 0 Å². The third-order valence-electron chi connectivity index (χ3n) is 3.99. The largest absolute Gasteiger partial charge is 0.495 e. The molecule has 1 aliphatic heterocycles. The predicted molar refractivity (Wildman–Crippen MR) is 77.1 cm³/mol. The average molecular weight is 263 g/mol. The van der Waals surface area contributed by atoms with E-state index >= 15 is 0 Å². The van der Waals surface area contributed by atoms with Crippen molar-refractivity contribution in [3.05, 3.63) is 17.8 Å². The van der Waals surface area contributed by atoms with Gasteiger partial charge in [0.2, 0.25) is 0 Å². The summed E-state index contributed by atoms with van der Waals surface area (Å²) in [5.41, 5.74) is 7.12. The Kier molecular flexibility index (Phi) is 3.60. The van der Waals surface area contributed by atoms with E-state index in [4.69, 9.17) is 15.0 Å². The quantitative estimate of drug-likeness (QED) is 0.785. The highest BCUT2D eigenvalue weighted by atomic mass is 16.7. The summed E-state index contributed by atoms with van der Waals surface area (Å²) < 4.78 is 12.1. The number of hydrogen-bond donors (Lipinski definition) is 2. The summed E-state index contributed by atoms with van der Waals surface area (Å²) in [7, 11) is 1.47. The third kappa shape index (κ3) is 2.48. The molecule has 3 N–H and O–H groups in total. The van der Waals surface area contributed by atoms with Crippen molar-refractivity contribution in [3.8, 4) is 0 Å². The highest BCUT2D eigenvalue weighted by Gasteiger charge is 2.52. The van der Waals surface area contributed by atoms with Gasteiger partial charge in [-0.3, -0.25) is 0 Å². The minimum atomic E-state index is -0.404. The van der Waals surface area contributed by atoms with E-state index in [1.807, 2.05) is 40.8 Å². The SMILES string of the molecule is CNCc1c(B2OC(C)(C)C(C)(C)O2)ccnc1N. The molecule has 2 rings (SSSR count). The Morgan fingerprint density at radius 2 is 1.84 bits per heavy atom. The standard InChI is InChI=1S/C13H22BN3O2/c1-12(2)13(3,4)19-14(18-12)10-6-7-17-11(15)9(10)8-16-5/h6-7,16H,8H2,1-5H3,(H2,15,17). The lowest BCUT2D eigenvalue weighted by atomic mass is 9.76. The maximum absolute atomic E-state index is 6.06. The van der Waals surface area contributed by atoms with Gasteiger partial charge in [0.05, 0.1) is 11.2 Å². The molecule has 0 unspecified atom stereocenters. The van der Waals surface area contributed by atoms with Gasteiger partial charge >= 0.3 is 7.12 Å². The van der Waals surface area contributed by atoms with Gasteiger partial charge in [-0.15, -0.1) is 0 Å². The van der Waals surface area contributed by atoms with Gasteiger partial charge in [-0.25, -0.2) is 4.98 Å². The number of hydrogen-bond acceptors (Lipinski definition) is 5. The van der Waals surface area contributed by atoms with Gasteiger partial charge in [0.25, 0.3) is 0 Å². The van der Waals surface area contributed by atoms with Crippen LogP contribution in [0.2, 0.25) is 0 Å². The Balaban J connectivity index is 2.37. The number of aromatic nitrogens is 1. The molecule has 19 heavy (non-hydrogen) atoms. The molecule has 1 aromatic heterocycles. The summed E-state index contributed by atoms with van der Waals surface area (Å²) in [5.74, 6) is 0.515. The van der Waals surface area contributed by atoms with Crippen molar-refractivity contribution >= 4 is 18.4 Å². The maximum atomic E-state index is 6.06. The summed E-state index contributed by atoms with van der Waals surface area (Å²) in [6.45, 7) is 8.79. The second-order valence-corrected chi connectivity index (χ2v) is 5.88. The molecule has 1 saturated heterocycles. The monoisotopic (exact) mass is 263 g/mol. The molecule has 1 fully saturated rings. The molecule has 0 amide bonds. The number of nitrogens with one attached hydrogen (secondary N) is 1. The summed E-state index contributed by atoms with van der Waals surface area (Å²) in [5, 5.41) is 3.10. The number of nitrogens with zero attached hydrogens (tertiary/aromatic N) is 1. The van der Waals surface area contributed by atoms with E-state index in [1.165, 1.54) is 0 Å². The summed E-state index contributed by atoms with van der Waals surface area (Å²) in [6, 6.07) is 1.91. The lowest BCUT2D eigenvalue weighted by molar-refractivity contribution is 0.00578. The zero-order valence-corrected chi connectivity index (χ0v) is 12.3. The van der Waals surface area contributed by atoms with E-state index in [2.05, 4.69) is 10.3 Å². The van der Waals surface area contributed by atoms with Crippen molar-refractivity contribution in [2.24, 2.45) is 0 Å². The van der Waals surface area contributed by atoms with Crippen LogP contribution in [0.5, 0.6) is 0 Å². The lowest BCUT2D eigenvalue weighted by Gasteiger charge is -2.32. The van der Waals surface area contributed by atoms with Crippen LogP contribution in [-0.2, 0) is 15.9 Å². The third-order valence-corrected chi connectivity index (χ3v) is 3.99. The normalized spacial score (nSPS) is 20.8. The molecule has 0 atom stereocenters. The van der Waals surface area contributed by atoms with Crippen LogP contribution in [0.4, 0.5) is 5.82 Å². The number of pyridine rings is 1. The van der Waals surface area contributed by atoms with E-state index in [1.54, 1.807) is 6.20 Å². The first-order chi connectivity index (χ1) is 8.78. The van der Waals surface area contributed by atoms with Crippen molar-refractivity contribution in [3.63, 3.8) is 0 Å². The molecule has 5 nitrogen and oxygen atoms in total. The van der Waals surface area contributed by atoms with E-state index in [9.17, 15) is 0 Å². The number of rotatable bonds is 3. The molecule has 0 aliphatic carbocycles. The van der Waals surface area contributed by atoms with Crippen LogP contribution in [0.25, 0.3) is 0 Å². The van der Waals surface area contributed by atoms with Crippen LogP contribution in [0.1, 0.15) is 33.3 Å². The van der Waals surface area contributed by atoms with E-state index < -0.39 is 7.12 Å². The van der Waals surface area contributed by atoms with Gasteiger partial charge in [0.1, 0.15) is 5.82 Å². The van der Waals surface area contributed by atoms with Crippen molar-refractivity contribution in [1.82, 2.24) is 10.3 Å². The number of nitrogen functional groups attached to an aromatic ring is 1. The van der Waals surface area contributed by atoms with Crippen LogP contribution < -0.4 is 16.5 Å². The summed E-state index contributed by atoms with van der Waals surface area (Å²) in [4.78, 5) is 4.13. The maximum Gasteiger partial charge on any atom is 0.495 e. The van der Waals surface area contributed by atoms with Crippen LogP contribution in [0.3, 0.4) is 0 Å². The first-order valence-electron chi connectivity index (χ1n) is 6.52. The predicted octanol–water partition coefficient (Wildman–Crippen LogP) is 0.682. The Hall–Kier alpha value is -1.11. The van der Waals surface area contributed by atoms with Crippen molar-refractivity contribution < 1.29 is 9.31 Å². The number of nitrogens with two attached hydrogens (primary N) is 1. The van der Waals surface area contributed by atoms with Gasteiger partial charge in [-0.2, -0.15) is 0 Å². The minimum Gasteiger partial charge on any atom is -0.399 e. The zero-order chi connectivity index (χ0) is 14.3. The molecule has 0 saturated carbocycles. The molecule has 0 bridgehead atoms. The Bertz CT molecular complexity index is 461. The second kappa shape index (κ2) is 4.78. The van der Waals surface area contributed by atoms with Gasteiger partial charge in [-0.05, 0) is 46.3 Å². The molecular weight excluding hydrogens is 241 g/mol. The highest BCUT2D eigenvalue weighted by molar-refractivity contribution is 6.62. The molecule has 2 heterocycles. The van der Waals surface area contributed by atoms with Crippen molar-refractivity contribution in [1.29, 1.82) is 0 Å². The number of anilines is 1. The van der Waals surface area contributed by atoms with E-state index in [0.29, 0.717) is 12.4 Å². The highest BCUT2D eigenvalue weighted by Crippen LogP contribution is 2.36. The Morgan fingerprint density at radius 3 is 2.37 bits per heavy atom. The van der Waals surface area contributed by atoms with Gasteiger partial charge in [-0.1, -0.05) is 0 Å². The minimum absolute atomic E-state index is 0.355. The van der Waals surface area contributed by atoms with Crippen molar-refractivity contribution in [2.75, 3.05) is 12.8 Å². The Morgan fingerprint density at radius 1 is 1.26 bits per heavy atom. The molecule has 0 radical (unpaired) electrons. The molecule has 1 aromatic rings. The summed E-state index contributed by atoms with van der Waals surface area (Å²) in [6.07, 6.45) is 1.69. The molecule has 6 heteroatoms. The second-order valence-electron chi connectivity index (χ2n) is 5.88. The first kappa shape index (κ1) is 14.3. The average Bonchev–Trinajstić information content (AvgIpc) is 2.51. The van der Waals surface area contributed by atoms with Crippen LogP contribution in [0.15, 0.2) is 12.3 Å². The molecule has 104 valence electrons.